The van der Waals surface area contributed by atoms with E-state index in [1.165, 1.54) is 12.1 Å². The van der Waals surface area contributed by atoms with Crippen molar-refractivity contribution in [1.29, 1.82) is 0 Å². The number of β-lactam (4-membered cyclic amide) rings is 1. The van der Waals surface area contributed by atoms with Crippen LogP contribution in [0.5, 0.6) is 5.75 Å². The van der Waals surface area contributed by atoms with E-state index < -0.39 is 53.8 Å². The lowest BCUT2D eigenvalue weighted by atomic mass is 9.77. The van der Waals surface area contributed by atoms with Gasteiger partial charge in [-0.25, -0.2) is 4.39 Å². The summed E-state index contributed by atoms with van der Waals surface area (Å²) in [6, 6.07) is 29.6. The standard InChI is InChI=1S/C48H64FNO8Si2/c1-47(2,3)59(7,8)57-38(31-20-23-34(49)24-21-31)27-26-37-41(50(46(37)55)35-14-12-11-13-15-35)36-25-22-33(28-39(36)58-60(9,10)48(4,5)6)30-16-18-32(19-17-30)45-44(54)43(53)42(52)40(29-51)56-45/h11-25,28,37-38,40-45,51-54H,26-27,29H2,1-10H3/t37-,38?,40-,41-,42-,43+,44-,45+/m1/s1. The van der Waals surface area contributed by atoms with Gasteiger partial charge in [-0.05, 0) is 102 Å². The molecule has 2 fully saturated rings. The number of nitrogens with zero attached hydrogens (tertiary/aromatic N) is 1. The van der Waals surface area contributed by atoms with Gasteiger partial charge in [0.15, 0.2) is 8.32 Å². The number of carbonyl (C=O) groups is 1. The van der Waals surface area contributed by atoms with Crippen molar-refractivity contribution in [1.82, 2.24) is 0 Å². The number of benzene rings is 4. The monoisotopic (exact) mass is 857 g/mol. The van der Waals surface area contributed by atoms with Crippen molar-refractivity contribution >= 4 is 28.2 Å². The Kier molecular flexibility index (Phi) is 13.4. The zero-order valence-corrected chi connectivity index (χ0v) is 38.7. The lowest BCUT2D eigenvalue weighted by molar-refractivity contribution is -0.231. The van der Waals surface area contributed by atoms with Crippen LogP contribution in [0.2, 0.25) is 36.3 Å². The normalized spacial score (nSPS) is 24.6. The van der Waals surface area contributed by atoms with E-state index in [4.69, 9.17) is 13.6 Å². The SMILES string of the molecule is CC(C)(C)[Si](C)(C)Oc1cc(-c2ccc([C@@H]3O[C@H](CO)[C@@H](O)[C@H](O)[C@H]3O)cc2)ccc1[C@@H]1[C@@H](CCC(O[Si](C)(C)C(C)(C)C)c2ccc(F)cc2)C(=O)N1c1ccccc1. The summed E-state index contributed by atoms with van der Waals surface area (Å²) in [4.78, 5) is 16.3. The lowest BCUT2D eigenvalue weighted by Crippen LogP contribution is -2.55. The minimum atomic E-state index is -2.43. The molecule has 4 aromatic rings. The Balaban J connectivity index is 1.38. The number of anilines is 1. The van der Waals surface area contributed by atoms with Crippen LogP contribution in [0.15, 0.2) is 97.1 Å². The predicted octanol–water partition coefficient (Wildman–Crippen LogP) is 9.64. The van der Waals surface area contributed by atoms with Gasteiger partial charge in [-0.15, -0.1) is 0 Å². The predicted molar refractivity (Wildman–Crippen MR) is 239 cm³/mol. The number of rotatable bonds is 13. The Morgan fingerprint density at radius 1 is 0.767 bits per heavy atom. The number of para-hydroxylation sites is 1. The molecule has 2 saturated heterocycles. The zero-order chi connectivity index (χ0) is 43.9. The highest BCUT2D eigenvalue weighted by atomic mass is 28.4. The molecule has 0 spiro atoms. The summed E-state index contributed by atoms with van der Waals surface area (Å²) in [7, 11) is -4.69. The number of carbonyl (C=O) groups excluding carboxylic acids is 1. The smallest absolute Gasteiger partial charge is 0.250 e. The molecule has 12 heteroatoms. The molecule has 4 aromatic carbocycles. The van der Waals surface area contributed by atoms with Crippen LogP contribution in [0.25, 0.3) is 11.1 Å². The fourth-order valence-corrected chi connectivity index (χ4v) is 9.97. The molecule has 2 aliphatic heterocycles. The van der Waals surface area contributed by atoms with Gasteiger partial charge in [-0.1, -0.05) is 108 Å². The Morgan fingerprint density at radius 2 is 1.37 bits per heavy atom. The molecule has 4 N–H and O–H groups in total. The summed E-state index contributed by atoms with van der Waals surface area (Å²) in [6.07, 6.45) is -5.44. The summed E-state index contributed by atoms with van der Waals surface area (Å²) < 4.78 is 34.2. The second kappa shape index (κ2) is 17.6. The van der Waals surface area contributed by atoms with E-state index in [2.05, 4.69) is 79.9 Å². The average molecular weight is 858 g/mol. The van der Waals surface area contributed by atoms with Crippen molar-refractivity contribution in [3.8, 4) is 16.9 Å². The van der Waals surface area contributed by atoms with Crippen molar-refractivity contribution in [2.45, 2.75) is 133 Å². The molecule has 0 aromatic heterocycles. The maximum absolute atomic E-state index is 14.4. The van der Waals surface area contributed by atoms with Gasteiger partial charge in [0, 0.05) is 11.3 Å². The maximum Gasteiger partial charge on any atom is 0.250 e. The first-order chi connectivity index (χ1) is 28.0. The molecule has 0 aliphatic carbocycles. The third kappa shape index (κ3) is 9.36. The van der Waals surface area contributed by atoms with Crippen LogP contribution in [0.3, 0.4) is 0 Å². The van der Waals surface area contributed by atoms with Gasteiger partial charge in [0.1, 0.15) is 42.1 Å². The number of halogens is 1. The highest BCUT2D eigenvalue weighted by molar-refractivity contribution is 6.75. The van der Waals surface area contributed by atoms with E-state index in [1.54, 1.807) is 12.1 Å². The first-order valence-corrected chi connectivity index (χ1v) is 26.9. The number of hydrogen-bond donors (Lipinski definition) is 4. The fraction of sp³-hybridized carbons (Fsp3) is 0.479. The summed E-state index contributed by atoms with van der Waals surface area (Å²) in [5, 5.41) is 41.0. The van der Waals surface area contributed by atoms with E-state index in [-0.39, 0.29) is 39.9 Å². The Morgan fingerprint density at radius 3 is 1.95 bits per heavy atom. The molecule has 1 amide bonds. The largest absolute Gasteiger partial charge is 0.543 e. The molecule has 9 nitrogen and oxygen atoms in total. The molecule has 1 unspecified atom stereocenters. The van der Waals surface area contributed by atoms with Crippen molar-refractivity contribution in [2.24, 2.45) is 5.92 Å². The minimum absolute atomic E-state index is 0.0301. The molecule has 0 radical (unpaired) electrons. The minimum Gasteiger partial charge on any atom is -0.543 e. The number of ether oxygens (including phenoxy) is 1. The molecule has 60 heavy (non-hydrogen) atoms. The van der Waals surface area contributed by atoms with Crippen LogP contribution >= 0.6 is 0 Å². The van der Waals surface area contributed by atoms with Crippen LogP contribution < -0.4 is 9.33 Å². The summed E-state index contributed by atoms with van der Waals surface area (Å²) in [5.74, 6) is 0.0669. The summed E-state index contributed by atoms with van der Waals surface area (Å²) in [6.45, 7) is 21.5. The lowest BCUT2D eigenvalue weighted by Gasteiger charge is -2.49. The van der Waals surface area contributed by atoms with E-state index >= 15 is 0 Å². The molecule has 6 rings (SSSR count). The highest BCUT2D eigenvalue weighted by Gasteiger charge is 2.51. The molecule has 2 aliphatic rings. The summed E-state index contributed by atoms with van der Waals surface area (Å²) >= 11 is 0. The van der Waals surface area contributed by atoms with E-state index in [9.17, 15) is 29.6 Å². The molecule has 8 atom stereocenters. The highest BCUT2D eigenvalue weighted by Crippen LogP contribution is 2.51. The second-order valence-corrected chi connectivity index (χ2v) is 29.1. The van der Waals surface area contributed by atoms with Crippen molar-refractivity contribution in [3.05, 3.63) is 120 Å². The molecule has 2 heterocycles. The van der Waals surface area contributed by atoms with Crippen LogP contribution in [0.1, 0.15) is 89.3 Å². The Hall–Kier alpha value is -3.73. The van der Waals surface area contributed by atoms with Gasteiger partial charge in [0.05, 0.1) is 24.7 Å². The average Bonchev–Trinajstić information content (AvgIpc) is 3.18. The maximum atomic E-state index is 14.4. The van der Waals surface area contributed by atoms with Crippen LogP contribution in [0, 0.1) is 11.7 Å². The number of amides is 1. The molecule has 0 bridgehead atoms. The van der Waals surface area contributed by atoms with E-state index in [0.29, 0.717) is 24.2 Å². The van der Waals surface area contributed by atoms with E-state index in [1.807, 2.05) is 65.6 Å². The van der Waals surface area contributed by atoms with Gasteiger partial charge in [-0.2, -0.15) is 0 Å². The van der Waals surface area contributed by atoms with Gasteiger partial charge >= 0.3 is 0 Å². The molecular formula is C48H64FNO8Si2. The summed E-state index contributed by atoms with van der Waals surface area (Å²) in [5.41, 5.74) is 4.98. The molecular weight excluding hydrogens is 794 g/mol. The van der Waals surface area contributed by atoms with Crippen molar-refractivity contribution in [3.63, 3.8) is 0 Å². The van der Waals surface area contributed by atoms with E-state index in [0.717, 1.165) is 27.9 Å². The number of aliphatic hydroxyl groups excluding tert-OH is 4. The third-order valence-corrected chi connectivity index (χ3v) is 22.3. The quantitative estimate of drug-likeness (QED) is 0.0774. The van der Waals surface area contributed by atoms with Crippen LogP contribution in [0.4, 0.5) is 10.1 Å². The van der Waals surface area contributed by atoms with Crippen molar-refractivity contribution in [2.75, 3.05) is 11.5 Å². The molecule has 324 valence electrons. The van der Waals surface area contributed by atoms with Gasteiger partial charge in [-0.3, -0.25) is 4.79 Å². The van der Waals surface area contributed by atoms with Gasteiger partial charge in [0.25, 0.3) is 0 Å². The van der Waals surface area contributed by atoms with Crippen LogP contribution in [-0.4, -0.2) is 74.0 Å². The number of hydrogen-bond acceptors (Lipinski definition) is 8. The fourth-order valence-electron chi connectivity index (χ4n) is 7.61. The van der Waals surface area contributed by atoms with Crippen LogP contribution in [-0.2, 0) is 14.0 Å². The topological polar surface area (TPSA) is 129 Å². The zero-order valence-electron chi connectivity index (χ0n) is 36.7. The van der Waals surface area contributed by atoms with Gasteiger partial charge < -0.3 is 38.9 Å². The third-order valence-electron chi connectivity index (χ3n) is 13.4. The van der Waals surface area contributed by atoms with Gasteiger partial charge in [0.2, 0.25) is 14.2 Å². The first kappa shape index (κ1) is 45.8. The Labute approximate surface area is 357 Å². The second-order valence-electron chi connectivity index (χ2n) is 19.6. The number of aliphatic hydroxyl groups is 4. The van der Waals surface area contributed by atoms with Crippen molar-refractivity contribution < 1.29 is 43.2 Å². The first-order valence-electron chi connectivity index (χ1n) is 21.1. The Bertz CT molecular complexity index is 2080. The molecule has 0 saturated carbocycles.